The standard InChI is InChI=1S/C17H20N6/c1-11-6-16(15(18)7-20-11)23(19)10-14-9-22-8-13(12-2-3-12)4-5-17(22)21-14/h4-9,12H,2-3,10,18-19H2,1H3. The summed E-state index contributed by atoms with van der Waals surface area (Å²) in [6.07, 6.45) is 8.44. The van der Waals surface area contributed by atoms with Crippen LogP contribution in [0.15, 0.2) is 36.8 Å². The Morgan fingerprint density at radius 2 is 2.13 bits per heavy atom. The zero-order valence-corrected chi connectivity index (χ0v) is 13.1. The van der Waals surface area contributed by atoms with Gasteiger partial charge >= 0.3 is 0 Å². The second-order valence-corrected chi connectivity index (χ2v) is 6.25. The highest BCUT2D eigenvalue weighted by Gasteiger charge is 2.23. The molecule has 0 bridgehead atoms. The van der Waals surface area contributed by atoms with E-state index < -0.39 is 0 Å². The van der Waals surface area contributed by atoms with Crippen molar-refractivity contribution in [3.8, 4) is 0 Å². The number of imidazole rings is 1. The van der Waals surface area contributed by atoms with Gasteiger partial charge in [0.15, 0.2) is 0 Å². The summed E-state index contributed by atoms with van der Waals surface area (Å²) in [7, 11) is 0. The van der Waals surface area contributed by atoms with Gasteiger partial charge in [0.25, 0.3) is 0 Å². The van der Waals surface area contributed by atoms with Crippen LogP contribution in [0.3, 0.4) is 0 Å². The molecule has 3 heterocycles. The molecule has 0 atom stereocenters. The lowest BCUT2D eigenvalue weighted by Gasteiger charge is -2.19. The van der Waals surface area contributed by atoms with Crippen LogP contribution < -0.4 is 16.6 Å². The van der Waals surface area contributed by atoms with Crippen molar-refractivity contribution >= 4 is 17.0 Å². The molecule has 0 spiro atoms. The molecular formula is C17H20N6. The minimum atomic E-state index is 0.494. The minimum Gasteiger partial charge on any atom is -0.396 e. The number of hydrogen-bond donors (Lipinski definition) is 2. The van der Waals surface area contributed by atoms with Gasteiger partial charge in [0.2, 0.25) is 0 Å². The monoisotopic (exact) mass is 308 g/mol. The molecule has 1 aliphatic carbocycles. The predicted molar refractivity (Wildman–Crippen MR) is 90.9 cm³/mol. The summed E-state index contributed by atoms with van der Waals surface area (Å²) in [5, 5.41) is 1.62. The number of hydrogen-bond acceptors (Lipinski definition) is 5. The highest BCUT2D eigenvalue weighted by atomic mass is 15.4. The van der Waals surface area contributed by atoms with E-state index in [2.05, 4.69) is 32.7 Å². The van der Waals surface area contributed by atoms with Gasteiger partial charge in [-0.25, -0.2) is 10.8 Å². The Hall–Kier alpha value is -2.60. The number of hydrazine groups is 1. The second kappa shape index (κ2) is 5.24. The molecule has 0 aliphatic heterocycles. The molecule has 1 saturated carbocycles. The van der Waals surface area contributed by atoms with E-state index in [-0.39, 0.29) is 0 Å². The lowest BCUT2D eigenvalue weighted by molar-refractivity contribution is 0.832. The molecule has 4 rings (SSSR count). The van der Waals surface area contributed by atoms with Crippen molar-refractivity contribution < 1.29 is 0 Å². The van der Waals surface area contributed by atoms with Crippen LogP contribution in [0.25, 0.3) is 5.65 Å². The largest absolute Gasteiger partial charge is 0.396 e. The predicted octanol–water partition coefficient (Wildman–Crippen LogP) is 2.38. The van der Waals surface area contributed by atoms with Crippen LogP contribution in [-0.4, -0.2) is 14.4 Å². The van der Waals surface area contributed by atoms with Crippen molar-refractivity contribution in [1.82, 2.24) is 14.4 Å². The topological polar surface area (TPSA) is 85.5 Å². The fraction of sp³-hybridized carbons (Fsp3) is 0.294. The van der Waals surface area contributed by atoms with Gasteiger partial charge in [0.05, 0.1) is 29.8 Å². The molecule has 6 heteroatoms. The third-order valence-electron chi connectivity index (χ3n) is 4.26. The molecule has 0 amide bonds. The van der Waals surface area contributed by atoms with Crippen molar-refractivity contribution in [1.29, 1.82) is 0 Å². The van der Waals surface area contributed by atoms with Crippen LogP contribution in [-0.2, 0) is 6.54 Å². The fourth-order valence-corrected chi connectivity index (χ4v) is 2.86. The summed E-state index contributed by atoms with van der Waals surface area (Å²) in [5.41, 5.74) is 11.4. The van der Waals surface area contributed by atoms with E-state index >= 15 is 0 Å². The lowest BCUT2D eigenvalue weighted by Crippen LogP contribution is -2.31. The number of aromatic nitrogens is 3. The number of nitrogen functional groups attached to an aromatic ring is 1. The molecule has 118 valence electrons. The van der Waals surface area contributed by atoms with Gasteiger partial charge in [-0.05, 0) is 43.4 Å². The van der Waals surface area contributed by atoms with Crippen LogP contribution in [0.1, 0.15) is 35.7 Å². The molecule has 1 fully saturated rings. The Balaban J connectivity index is 1.60. The molecule has 3 aromatic rings. The van der Waals surface area contributed by atoms with Crippen molar-refractivity contribution in [2.24, 2.45) is 5.84 Å². The lowest BCUT2D eigenvalue weighted by atomic mass is 10.2. The number of pyridine rings is 2. The summed E-state index contributed by atoms with van der Waals surface area (Å²) in [4.78, 5) is 8.80. The quantitative estimate of drug-likeness (QED) is 0.571. The normalized spacial score (nSPS) is 14.3. The number of nitrogens with two attached hydrogens (primary N) is 2. The Morgan fingerprint density at radius 1 is 1.30 bits per heavy atom. The molecule has 4 N–H and O–H groups in total. The minimum absolute atomic E-state index is 0.494. The molecule has 23 heavy (non-hydrogen) atoms. The van der Waals surface area contributed by atoms with Crippen LogP contribution in [0.4, 0.5) is 11.4 Å². The Morgan fingerprint density at radius 3 is 2.91 bits per heavy atom. The Kier molecular flexibility index (Phi) is 3.20. The smallest absolute Gasteiger partial charge is 0.137 e. The van der Waals surface area contributed by atoms with Gasteiger partial charge in [-0.15, -0.1) is 0 Å². The second-order valence-electron chi connectivity index (χ2n) is 6.25. The van der Waals surface area contributed by atoms with Crippen LogP contribution in [0, 0.1) is 6.92 Å². The Bertz CT molecular complexity index is 865. The van der Waals surface area contributed by atoms with Gasteiger partial charge in [-0.1, -0.05) is 6.07 Å². The summed E-state index contributed by atoms with van der Waals surface area (Å²) in [5.74, 6) is 6.92. The van der Waals surface area contributed by atoms with Gasteiger partial charge in [0.1, 0.15) is 5.65 Å². The third-order valence-corrected chi connectivity index (χ3v) is 4.26. The van der Waals surface area contributed by atoms with Gasteiger partial charge in [-0.3, -0.25) is 4.98 Å². The number of aryl methyl sites for hydroxylation is 1. The SMILES string of the molecule is Cc1cc(N(N)Cc2cn3cc(C4CC4)ccc3n2)c(N)cn1. The molecule has 0 aromatic carbocycles. The molecule has 3 aromatic heterocycles. The fourth-order valence-electron chi connectivity index (χ4n) is 2.86. The van der Waals surface area contributed by atoms with Crippen LogP contribution in [0.2, 0.25) is 0 Å². The maximum absolute atomic E-state index is 6.18. The molecule has 6 nitrogen and oxygen atoms in total. The highest BCUT2D eigenvalue weighted by Crippen LogP contribution is 2.39. The first kappa shape index (κ1) is 14.0. The van der Waals surface area contributed by atoms with Crippen LogP contribution >= 0.6 is 0 Å². The number of nitrogens with zero attached hydrogens (tertiary/aromatic N) is 4. The van der Waals surface area contributed by atoms with Crippen molar-refractivity contribution in [3.05, 3.63) is 53.7 Å². The van der Waals surface area contributed by atoms with E-state index in [1.54, 1.807) is 11.2 Å². The summed E-state index contributed by atoms with van der Waals surface area (Å²) in [6, 6.07) is 6.13. The first-order chi connectivity index (χ1) is 11.1. The molecule has 0 unspecified atom stereocenters. The summed E-state index contributed by atoms with van der Waals surface area (Å²) in [6.45, 7) is 2.41. The van der Waals surface area contributed by atoms with Gasteiger partial charge in [0, 0.05) is 18.1 Å². The van der Waals surface area contributed by atoms with Crippen molar-refractivity contribution in [2.75, 3.05) is 10.7 Å². The van der Waals surface area contributed by atoms with Crippen molar-refractivity contribution in [3.63, 3.8) is 0 Å². The number of anilines is 2. The van der Waals surface area contributed by atoms with E-state index in [1.165, 1.54) is 18.4 Å². The molecular weight excluding hydrogens is 288 g/mol. The summed E-state index contributed by atoms with van der Waals surface area (Å²) >= 11 is 0. The van der Waals surface area contributed by atoms with Crippen LogP contribution in [0.5, 0.6) is 0 Å². The van der Waals surface area contributed by atoms with E-state index in [0.29, 0.717) is 12.2 Å². The number of rotatable bonds is 4. The third kappa shape index (κ3) is 2.73. The maximum atomic E-state index is 6.18. The van der Waals surface area contributed by atoms with Gasteiger partial charge < -0.3 is 15.1 Å². The molecule has 0 saturated heterocycles. The van der Waals surface area contributed by atoms with E-state index in [1.807, 2.05) is 19.2 Å². The average molecular weight is 308 g/mol. The zero-order valence-electron chi connectivity index (χ0n) is 13.1. The highest BCUT2D eigenvalue weighted by molar-refractivity contribution is 5.66. The van der Waals surface area contributed by atoms with Gasteiger partial charge in [-0.2, -0.15) is 0 Å². The average Bonchev–Trinajstić information content (AvgIpc) is 3.30. The first-order valence-electron chi connectivity index (χ1n) is 7.82. The molecule has 1 aliphatic rings. The van der Waals surface area contributed by atoms with E-state index in [4.69, 9.17) is 11.6 Å². The zero-order chi connectivity index (χ0) is 16.0. The van der Waals surface area contributed by atoms with E-state index in [9.17, 15) is 0 Å². The maximum Gasteiger partial charge on any atom is 0.137 e. The van der Waals surface area contributed by atoms with E-state index in [0.717, 1.165) is 28.6 Å². The molecule has 0 radical (unpaired) electrons. The summed E-state index contributed by atoms with van der Waals surface area (Å²) < 4.78 is 2.08. The first-order valence-corrected chi connectivity index (χ1v) is 7.82. The number of fused-ring (bicyclic) bond motifs is 1. The Labute approximate surface area is 134 Å². The van der Waals surface area contributed by atoms with Crippen molar-refractivity contribution in [2.45, 2.75) is 32.2 Å².